The third-order valence-electron chi connectivity index (χ3n) is 4.74. The van der Waals surface area contributed by atoms with E-state index in [1.165, 1.54) is 18.2 Å². The average Bonchev–Trinajstić information content (AvgIpc) is 3.20. The molecule has 0 saturated carbocycles. The monoisotopic (exact) mass is 416 g/mol. The van der Waals surface area contributed by atoms with Crippen LogP contribution in [0.3, 0.4) is 0 Å². The van der Waals surface area contributed by atoms with Crippen LogP contribution in [-0.4, -0.2) is 42.2 Å². The minimum absolute atomic E-state index is 0.186. The molecule has 0 atom stereocenters. The highest BCUT2D eigenvalue weighted by Crippen LogP contribution is 2.31. The van der Waals surface area contributed by atoms with Crippen LogP contribution >= 0.6 is 0 Å². The van der Waals surface area contributed by atoms with Crippen LogP contribution in [0, 0.1) is 0 Å². The van der Waals surface area contributed by atoms with Gasteiger partial charge in [0.2, 0.25) is 5.91 Å². The van der Waals surface area contributed by atoms with Crippen LogP contribution in [0.1, 0.15) is 11.3 Å². The first-order valence-electron chi connectivity index (χ1n) is 9.37. The van der Waals surface area contributed by atoms with Gasteiger partial charge in [-0.2, -0.15) is 13.2 Å². The molecule has 2 aromatic heterocycles. The fourth-order valence-corrected chi connectivity index (χ4v) is 3.26. The van der Waals surface area contributed by atoms with Gasteiger partial charge in [-0.3, -0.25) is 4.79 Å². The van der Waals surface area contributed by atoms with E-state index in [9.17, 15) is 18.0 Å². The molecular weight excluding hydrogens is 397 g/mol. The van der Waals surface area contributed by atoms with Crippen molar-refractivity contribution in [3.8, 4) is 0 Å². The predicted octanol–water partition coefficient (Wildman–Crippen LogP) is 4.07. The lowest BCUT2D eigenvalue weighted by Crippen LogP contribution is -2.37. The number of nitrogens with zero attached hydrogens (tertiary/aromatic N) is 2. The summed E-state index contributed by atoms with van der Waals surface area (Å²) in [4.78, 5) is 21.0. The zero-order valence-electron chi connectivity index (χ0n) is 15.9. The number of anilines is 2. The first-order valence-corrected chi connectivity index (χ1v) is 9.37. The minimum Gasteiger partial charge on any atom is -0.378 e. The molecule has 9 heteroatoms. The van der Waals surface area contributed by atoms with Gasteiger partial charge in [-0.25, -0.2) is 4.98 Å². The van der Waals surface area contributed by atoms with Gasteiger partial charge in [-0.1, -0.05) is 0 Å². The number of carbonyl (C=O) groups excluding carboxylic acids is 1. The second kappa shape index (κ2) is 8.19. The smallest absolute Gasteiger partial charge is 0.378 e. The van der Waals surface area contributed by atoms with Crippen molar-refractivity contribution in [1.29, 1.82) is 0 Å². The van der Waals surface area contributed by atoms with Gasteiger partial charge < -0.3 is 19.9 Å². The maximum Gasteiger partial charge on any atom is 0.433 e. The Balaban J connectivity index is 1.55. The summed E-state index contributed by atoms with van der Waals surface area (Å²) in [5, 5.41) is 3.71. The van der Waals surface area contributed by atoms with Crippen molar-refractivity contribution >= 4 is 34.4 Å². The number of morpholine rings is 1. The third-order valence-corrected chi connectivity index (χ3v) is 4.74. The quantitative estimate of drug-likeness (QED) is 0.629. The van der Waals surface area contributed by atoms with E-state index in [0.29, 0.717) is 37.6 Å². The highest BCUT2D eigenvalue weighted by molar-refractivity contribution is 6.03. The summed E-state index contributed by atoms with van der Waals surface area (Å²) in [5.74, 6) is -0.205. The number of nitrogens with one attached hydrogen (secondary N) is 2. The van der Waals surface area contributed by atoms with Crippen LogP contribution in [0.25, 0.3) is 17.0 Å². The normalized spacial score (nSPS) is 15.1. The molecule has 0 aliphatic carbocycles. The fourth-order valence-electron chi connectivity index (χ4n) is 3.26. The lowest BCUT2D eigenvalue weighted by atomic mass is 10.2. The summed E-state index contributed by atoms with van der Waals surface area (Å²) in [7, 11) is 0. The SMILES string of the molecule is O=C(C=Cc1ccc(C(F)(F)F)nc1N1CCOCC1)Nc1ccc2[nH]ccc2c1. The molecule has 2 N–H and O–H groups in total. The summed E-state index contributed by atoms with van der Waals surface area (Å²) in [5.41, 5.74) is 1.04. The fraction of sp³-hybridized carbons (Fsp3) is 0.238. The number of rotatable bonds is 4. The molecule has 1 saturated heterocycles. The van der Waals surface area contributed by atoms with E-state index in [4.69, 9.17) is 4.74 Å². The van der Waals surface area contributed by atoms with Crippen molar-refractivity contribution in [2.45, 2.75) is 6.18 Å². The summed E-state index contributed by atoms with van der Waals surface area (Å²) in [6.45, 7) is 1.67. The number of carbonyl (C=O) groups is 1. The molecule has 0 radical (unpaired) electrons. The summed E-state index contributed by atoms with van der Waals surface area (Å²) >= 11 is 0. The first kappa shape index (κ1) is 20.0. The van der Waals surface area contributed by atoms with Gasteiger partial charge in [-0.05, 0) is 42.5 Å². The van der Waals surface area contributed by atoms with Crippen molar-refractivity contribution in [3.63, 3.8) is 0 Å². The van der Waals surface area contributed by atoms with Gasteiger partial charge in [0.15, 0.2) is 0 Å². The molecular formula is C21H19F3N4O2. The predicted molar refractivity (Wildman–Crippen MR) is 108 cm³/mol. The summed E-state index contributed by atoms with van der Waals surface area (Å²) < 4.78 is 44.6. The number of benzene rings is 1. The topological polar surface area (TPSA) is 70.2 Å². The maximum atomic E-state index is 13.1. The molecule has 156 valence electrons. The van der Waals surface area contributed by atoms with E-state index in [0.717, 1.165) is 17.0 Å². The van der Waals surface area contributed by atoms with Crippen LogP contribution in [-0.2, 0) is 15.7 Å². The van der Waals surface area contributed by atoms with Gasteiger partial charge in [0.05, 0.1) is 13.2 Å². The number of pyridine rings is 1. The van der Waals surface area contributed by atoms with E-state index < -0.39 is 17.8 Å². The van der Waals surface area contributed by atoms with Crippen molar-refractivity contribution in [2.24, 2.45) is 0 Å². The van der Waals surface area contributed by atoms with Crippen molar-refractivity contribution in [1.82, 2.24) is 9.97 Å². The lowest BCUT2D eigenvalue weighted by Gasteiger charge is -2.29. The van der Waals surface area contributed by atoms with E-state index in [2.05, 4.69) is 15.3 Å². The van der Waals surface area contributed by atoms with Crippen molar-refractivity contribution in [3.05, 3.63) is 59.9 Å². The van der Waals surface area contributed by atoms with Crippen LogP contribution in [0.2, 0.25) is 0 Å². The number of hydrogen-bond donors (Lipinski definition) is 2. The molecule has 3 aromatic rings. The van der Waals surface area contributed by atoms with Crippen LogP contribution in [0.5, 0.6) is 0 Å². The Morgan fingerprint density at radius 1 is 1.17 bits per heavy atom. The van der Waals surface area contributed by atoms with E-state index in [1.54, 1.807) is 17.2 Å². The molecule has 1 aromatic carbocycles. The molecule has 0 bridgehead atoms. The average molecular weight is 416 g/mol. The number of fused-ring (bicyclic) bond motifs is 1. The molecule has 1 amide bonds. The number of ether oxygens (including phenoxy) is 1. The largest absolute Gasteiger partial charge is 0.433 e. The van der Waals surface area contributed by atoms with Gasteiger partial charge in [0.1, 0.15) is 11.5 Å². The second-order valence-electron chi connectivity index (χ2n) is 6.81. The van der Waals surface area contributed by atoms with Gasteiger partial charge in [0.25, 0.3) is 0 Å². The van der Waals surface area contributed by atoms with Gasteiger partial charge in [-0.15, -0.1) is 0 Å². The highest BCUT2D eigenvalue weighted by atomic mass is 19.4. The molecule has 30 heavy (non-hydrogen) atoms. The number of amides is 1. The standard InChI is InChI=1S/C21H19F3N4O2/c22-21(23,24)18-5-1-14(20(27-18)28-9-11-30-12-10-28)2-6-19(29)26-16-3-4-17-15(13-16)7-8-25-17/h1-8,13,25H,9-12H2,(H,26,29). The lowest BCUT2D eigenvalue weighted by molar-refractivity contribution is -0.141. The molecule has 1 aliphatic heterocycles. The Morgan fingerprint density at radius 2 is 1.97 bits per heavy atom. The van der Waals surface area contributed by atoms with Crippen LogP contribution in [0.15, 0.2) is 48.7 Å². The Bertz CT molecular complexity index is 1090. The molecule has 1 aliphatic rings. The molecule has 1 fully saturated rings. The third kappa shape index (κ3) is 4.46. The Kier molecular flexibility index (Phi) is 5.45. The number of H-pyrrole nitrogens is 1. The Labute approximate surface area is 170 Å². The Hall–Kier alpha value is -3.33. The number of alkyl halides is 3. The first-order chi connectivity index (χ1) is 14.4. The highest BCUT2D eigenvalue weighted by Gasteiger charge is 2.33. The summed E-state index contributed by atoms with van der Waals surface area (Å²) in [6, 6.07) is 9.59. The molecule has 0 spiro atoms. The molecule has 4 rings (SSSR count). The zero-order chi connectivity index (χ0) is 21.1. The molecule has 0 unspecified atom stereocenters. The van der Waals surface area contributed by atoms with E-state index in [1.807, 2.05) is 18.2 Å². The van der Waals surface area contributed by atoms with E-state index in [-0.39, 0.29) is 5.82 Å². The molecule has 6 nitrogen and oxygen atoms in total. The van der Waals surface area contributed by atoms with E-state index >= 15 is 0 Å². The van der Waals surface area contributed by atoms with Crippen molar-refractivity contribution in [2.75, 3.05) is 36.5 Å². The number of aromatic nitrogens is 2. The number of halogens is 3. The minimum atomic E-state index is -4.54. The second-order valence-corrected chi connectivity index (χ2v) is 6.81. The van der Waals surface area contributed by atoms with Crippen molar-refractivity contribution < 1.29 is 22.7 Å². The molecule has 3 heterocycles. The van der Waals surface area contributed by atoms with Gasteiger partial charge in [0, 0.05) is 47.5 Å². The number of aromatic amines is 1. The van der Waals surface area contributed by atoms with Crippen LogP contribution < -0.4 is 10.2 Å². The number of hydrogen-bond acceptors (Lipinski definition) is 4. The zero-order valence-corrected chi connectivity index (χ0v) is 15.9. The van der Waals surface area contributed by atoms with Crippen LogP contribution in [0.4, 0.5) is 24.7 Å². The van der Waals surface area contributed by atoms with Gasteiger partial charge >= 0.3 is 6.18 Å². The maximum absolute atomic E-state index is 13.1. The Morgan fingerprint density at radius 3 is 2.73 bits per heavy atom. The summed E-state index contributed by atoms with van der Waals surface area (Å²) in [6.07, 6.45) is 0.0239.